The van der Waals surface area contributed by atoms with Gasteiger partial charge in [0.05, 0.1) is 18.9 Å². The fourth-order valence-corrected chi connectivity index (χ4v) is 1.13. The molecule has 0 spiro atoms. The summed E-state index contributed by atoms with van der Waals surface area (Å²) < 4.78 is 10.3. The van der Waals surface area contributed by atoms with Crippen LogP contribution in [0.15, 0.2) is 6.20 Å². The van der Waals surface area contributed by atoms with Crippen LogP contribution >= 0.6 is 0 Å². The van der Waals surface area contributed by atoms with Crippen molar-refractivity contribution in [2.24, 2.45) is 0 Å². The Hall–Kier alpha value is -1.20. The van der Waals surface area contributed by atoms with Crippen LogP contribution in [0.5, 0.6) is 6.01 Å². The first kappa shape index (κ1) is 11.9. The van der Waals surface area contributed by atoms with Crippen molar-refractivity contribution in [3.05, 3.63) is 17.5 Å². The molecular formula is C10H16N2O3. The number of aliphatic hydroxyl groups excluding tert-OH is 1. The summed E-state index contributed by atoms with van der Waals surface area (Å²) in [6, 6.07) is 0.314. The molecule has 1 atom stereocenters. The van der Waals surface area contributed by atoms with E-state index in [2.05, 4.69) is 9.97 Å². The van der Waals surface area contributed by atoms with Gasteiger partial charge in [-0.05, 0) is 13.8 Å². The van der Waals surface area contributed by atoms with Crippen LogP contribution in [0.4, 0.5) is 0 Å². The van der Waals surface area contributed by atoms with Crippen molar-refractivity contribution in [2.75, 3.05) is 13.7 Å². The monoisotopic (exact) mass is 212 g/mol. The van der Waals surface area contributed by atoms with Crippen LogP contribution in [0, 0.1) is 6.92 Å². The summed E-state index contributed by atoms with van der Waals surface area (Å²) in [5.74, 6) is 0. The number of ether oxygens (including phenoxy) is 2. The highest BCUT2D eigenvalue weighted by molar-refractivity contribution is 5.16. The van der Waals surface area contributed by atoms with Gasteiger partial charge in [0.25, 0.3) is 0 Å². The van der Waals surface area contributed by atoms with E-state index in [4.69, 9.17) is 14.6 Å². The van der Waals surface area contributed by atoms with Gasteiger partial charge in [-0.2, -0.15) is 0 Å². The van der Waals surface area contributed by atoms with E-state index in [-0.39, 0.29) is 12.7 Å². The second kappa shape index (κ2) is 5.63. The normalized spacial score (nSPS) is 12.5. The first-order valence-electron chi connectivity index (χ1n) is 4.76. The molecule has 0 fully saturated rings. The molecule has 5 heteroatoms. The minimum absolute atomic E-state index is 0.0558. The van der Waals surface area contributed by atoms with E-state index in [1.807, 2.05) is 6.92 Å². The fourth-order valence-electron chi connectivity index (χ4n) is 1.13. The summed E-state index contributed by atoms with van der Waals surface area (Å²) in [7, 11) is 1.61. The molecule has 15 heavy (non-hydrogen) atoms. The molecule has 0 aromatic carbocycles. The Labute approximate surface area is 89.1 Å². The molecule has 5 nitrogen and oxygen atoms in total. The fraction of sp³-hybridized carbons (Fsp3) is 0.600. The lowest BCUT2D eigenvalue weighted by molar-refractivity contribution is 0.0852. The van der Waals surface area contributed by atoms with Crippen LogP contribution in [0.3, 0.4) is 0 Å². The van der Waals surface area contributed by atoms with E-state index < -0.39 is 0 Å². The van der Waals surface area contributed by atoms with Crippen LogP contribution in [-0.2, 0) is 11.3 Å². The quantitative estimate of drug-likeness (QED) is 0.778. The van der Waals surface area contributed by atoms with Gasteiger partial charge in [-0.3, -0.25) is 0 Å². The zero-order valence-corrected chi connectivity index (χ0v) is 9.23. The molecule has 1 aromatic rings. The van der Waals surface area contributed by atoms with Gasteiger partial charge in [0, 0.05) is 18.9 Å². The van der Waals surface area contributed by atoms with E-state index in [9.17, 15) is 0 Å². The summed E-state index contributed by atoms with van der Waals surface area (Å²) in [4.78, 5) is 8.10. The SMILES string of the molecule is COCC(C)Oc1ncc(CO)c(C)n1. The van der Waals surface area contributed by atoms with Crippen LogP contribution in [0.2, 0.25) is 0 Å². The van der Waals surface area contributed by atoms with Crippen LogP contribution in [0.25, 0.3) is 0 Å². The smallest absolute Gasteiger partial charge is 0.316 e. The maximum atomic E-state index is 8.93. The lowest BCUT2D eigenvalue weighted by Gasteiger charge is -2.12. The highest BCUT2D eigenvalue weighted by atomic mass is 16.5. The van der Waals surface area contributed by atoms with Gasteiger partial charge in [0.15, 0.2) is 0 Å². The number of nitrogens with zero attached hydrogens (tertiary/aromatic N) is 2. The standard InChI is InChI=1S/C10H16N2O3/c1-7(6-14-3)15-10-11-4-9(5-13)8(2)12-10/h4,7,13H,5-6H2,1-3H3. The molecule has 1 unspecified atom stereocenters. The average Bonchev–Trinajstić information content (AvgIpc) is 2.18. The van der Waals surface area contributed by atoms with Crippen LogP contribution in [-0.4, -0.2) is 34.9 Å². The molecular weight excluding hydrogens is 196 g/mol. The summed E-state index contributed by atoms with van der Waals surface area (Å²) in [6.45, 7) is 4.12. The molecule has 0 radical (unpaired) electrons. The Morgan fingerprint density at radius 2 is 2.27 bits per heavy atom. The molecule has 0 aliphatic heterocycles. The number of aliphatic hydroxyl groups is 1. The molecule has 0 bridgehead atoms. The van der Waals surface area contributed by atoms with Crippen LogP contribution < -0.4 is 4.74 Å². The van der Waals surface area contributed by atoms with E-state index in [0.717, 1.165) is 5.69 Å². The molecule has 1 N–H and O–H groups in total. The van der Waals surface area contributed by atoms with Crippen LogP contribution in [0.1, 0.15) is 18.2 Å². The second-order valence-electron chi connectivity index (χ2n) is 3.31. The summed E-state index contributed by atoms with van der Waals surface area (Å²) in [5, 5.41) is 8.93. The number of hydrogen-bond donors (Lipinski definition) is 1. The number of rotatable bonds is 5. The Bertz CT molecular complexity index is 318. The Balaban J connectivity index is 2.66. The number of hydrogen-bond acceptors (Lipinski definition) is 5. The molecule has 1 heterocycles. The summed E-state index contributed by atoms with van der Waals surface area (Å²) >= 11 is 0. The van der Waals surface area contributed by atoms with Gasteiger partial charge in [-0.1, -0.05) is 0 Å². The van der Waals surface area contributed by atoms with Gasteiger partial charge in [0.2, 0.25) is 0 Å². The minimum atomic E-state index is -0.0885. The van der Waals surface area contributed by atoms with Crippen molar-refractivity contribution >= 4 is 0 Å². The molecule has 1 rings (SSSR count). The van der Waals surface area contributed by atoms with E-state index >= 15 is 0 Å². The Kier molecular flexibility index (Phi) is 4.45. The molecule has 0 amide bonds. The third-order valence-electron chi connectivity index (χ3n) is 1.94. The van der Waals surface area contributed by atoms with Crippen molar-refractivity contribution in [2.45, 2.75) is 26.6 Å². The zero-order chi connectivity index (χ0) is 11.3. The summed E-state index contributed by atoms with van der Waals surface area (Å²) in [5.41, 5.74) is 1.44. The largest absolute Gasteiger partial charge is 0.458 e. The van der Waals surface area contributed by atoms with Gasteiger partial charge >= 0.3 is 6.01 Å². The third-order valence-corrected chi connectivity index (χ3v) is 1.94. The molecule has 0 saturated carbocycles. The van der Waals surface area contributed by atoms with E-state index in [0.29, 0.717) is 18.2 Å². The number of aromatic nitrogens is 2. The van der Waals surface area contributed by atoms with Gasteiger partial charge in [0.1, 0.15) is 6.10 Å². The third kappa shape index (κ3) is 3.45. The Morgan fingerprint density at radius 3 is 2.80 bits per heavy atom. The molecule has 0 aliphatic rings. The minimum Gasteiger partial charge on any atom is -0.458 e. The van der Waals surface area contributed by atoms with Crippen molar-refractivity contribution in [3.8, 4) is 6.01 Å². The first-order chi connectivity index (χ1) is 7.17. The summed E-state index contributed by atoms with van der Waals surface area (Å²) in [6.07, 6.45) is 1.48. The second-order valence-corrected chi connectivity index (χ2v) is 3.31. The van der Waals surface area contributed by atoms with E-state index in [1.165, 1.54) is 0 Å². The maximum Gasteiger partial charge on any atom is 0.316 e. The van der Waals surface area contributed by atoms with Gasteiger partial charge in [-0.15, -0.1) is 0 Å². The van der Waals surface area contributed by atoms with Gasteiger partial charge < -0.3 is 14.6 Å². The van der Waals surface area contributed by atoms with Gasteiger partial charge in [-0.25, -0.2) is 9.97 Å². The lowest BCUT2D eigenvalue weighted by atomic mass is 10.3. The topological polar surface area (TPSA) is 64.5 Å². The molecule has 84 valence electrons. The average molecular weight is 212 g/mol. The lowest BCUT2D eigenvalue weighted by Crippen LogP contribution is -2.19. The van der Waals surface area contributed by atoms with Crippen molar-refractivity contribution < 1.29 is 14.6 Å². The predicted molar refractivity (Wildman–Crippen MR) is 54.7 cm³/mol. The highest BCUT2D eigenvalue weighted by Gasteiger charge is 2.07. The molecule has 1 aromatic heterocycles. The zero-order valence-electron chi connectivity index (χ0n) is 9.23. The first-order valence-corrected chi connectivity index (χ1v) is 4.76. The van der Waals surface area contributed by atoms with E-state index in [1.54, 1.807) is 20.2 Å². The maximum absolute atomic E-state index is 8.93. The number of methoxy groups -OCH3 is 1. The van der Waals surface area contributed by atoms with Crippen molar-refractivity contribution in [3.63, 3.8) is 0 Å². The molecule has 0 aliphatic carbocycles. The molecule has 0 saturated heterocycles. The predicted octanol–water partition coefficient (Wildman–Crippen LogP) is 0.691. The Morgan fingerprint density at radius 1 is 1.53 bits per heavy atom. The van der Waals surface area contributed by atoms with Crippen molar-refractivity contribution in [1.82, 2.24) is 9.97 Å². The highest BCUT2D eigenvalue weighted by Crippen LogP contribution is 2.09. The van der Waals surface area contributed by atoms with Crippen molar-refractivity contribution in [1.29, 1.82) is 0 Å². The number of aryl methyl sites for hydroxylation is 1.